The topological polar surface area (TPSA) is 36.4 Å². The molecule has 0 saturated carbocycles. The zero-order valence-corrected chi connectivity index (χ0v) is 14.1. The number of pyridine rings is 1. The van der Waals surface area contributed by atoms with Gasteiger partial charge < -0.3 is 4.90 Å². The molecule has 0 bridgehead atoms. The summed E-state index contributed by atoms with van der Waals surface area (Å²) in [5.41, 5.74) is -1.05. The van der Waals surface area contributed by atoms with Gasteiger partial charge in [0.15, 0.2) is 0 Å². The molecule has 1 unspecified atom stereocenters. The van der Waals surface area contributed by atoms with E-state index in [9.17, 15) is 18.0 Å². The highest BCUT2D eigenvalue weighted by molar-refractivity contribution is 5.94. The van der Waals surface area contributed by atoms with Crippen molar-refractivity contribution >= 4 is 5.91 Å². The minimum atomic E-state index is -4.55. The number of alkyl halides is 3. The highest BCUT2D eigenvalue weighted by Gasteiger charge is 2.44. The van der Waals surface area contributed by atoms with Crippen LogP contribution in [0.3, 0.4) is 0 Å². The van der Waals surface area contributed by atoms with Crippen LogP contribution in [-0.2, 0) is 6.18 Å². The number of rotatable bonds is 3. The number of piperidine rings is 1. The van der Waals surface area contributed by atoms with E-state index in [4.69, 9.17) is 0 Å². The van der Waals surface area contributed by atoms with Crippen molar-refractivity contribution in [3.8, 4) is 0 Å². The number of carbonyl (C=O) groups is 1. The van der Waals surface area contributed by atoms with Gasteiger partial charge in [-0.3, -0.25) is 14.7 Å². The second-order valence-corrected chi connectivity index (χ2v) is 6.82. The average molecular weight is 353 g/mol. The van der Waals surface area contributed by atoms with Gasteiger partial charge in [0, 0.05) is 36.9 Å². The minimum Gasteiger partial charge on any atom is -0.337 e. The average Bonchev–Trinajstić information content (AvgIpc) is 2.96. The number of hydrogen-bond acceptors (Lipinski definition) is 3. The van der Waals surface area contributed by atoms with E-state index in [0.717, 1.165) is 51.0 Å². The molecule has 2 saturated heterocycles. The molecule has 0 N–H and O–H groups in total. The highest BCUT2D eigenvalue weighted by Crippen LogP contribution is 2.37. The Hall–Kier alpha value is -1.89. The number of carbonyl (C=O) groups excluding carboxylic acids is 1. The van der Waals surface area contributed by atoms with Crippen LogP contribution in [0.5, 0.6) is 0 Å². The Labute approximate surface area is 145 Å². The molecule has 0 radical (unpaired) electrons. The van der Waals surface area contributed by atoms with E-state index in [0.29, 0.717) is 13.1 Å². The van der Waals surface area contributed by atoms with Crippen molar-refractivity contribution in [3.63, 3.8) is 0 Å². The summed E-state index contributed by atoms with van der Waals surface area (Å²) in [6.45, 7) is 6.68. The fraction of sp³-hybridized carbons (Fsp3) is 0.556. The van der Waals surface area contributed by atoms with Crippen LogP contribution in [-0.4, -0.2) is 52.4 Å². The van der Waals surface area contributed by atoms with Gasteiger partial charge >= 0.3 is 6.18 Å². The van der Waals surface area contributed by atoms with Gasteiger partial charge in [-0.25, -0.2) is 0 Å². The van der Waals surface area contributed by atoms with E-state index < -0.39 is 11.9 Å². The number of halogens is 3. The second-order valence-electron chi connectivity index (χ2n) is 6.82. The van der Waals surface area contributed by atoms with Crippen LogP contribution < -0.4 is 0 Å². The molecule has 1 aromatic rings. The lowest BCUT2D eigenvalue weighted by Gasteiger charge is -2.45. The van der Waals surface area contributed by atoms with Crippen molar-refractivity contribution in [2.24, 2.45) is 0 Å². The van der Waals surface area contributed by atoms with Gasteiger partial charge in [0.05, 0.1) is 0 Å². The minimum absolute atomic E-state index is 0.0487. The van der Waals surface area contributed by atoms with Gasteiger partial charge in [-0.1, -0.05) is 6.08 Å². The third-order valence-corrected chi connectivity index (χ3v) is 5.23. The van der Waals surface area contributed by atoms with Crippen LogP contribution in [0.25, 0.3) is 0 Å². The molecule has 4 nitrogen and oxygen atoms in total. The lowest BCUT2D eigenvalue weighted by molar-refractivity contribution is -0.141. The Bertz CT molecular complexity index is 661. The normalized spacial score (nSPS) is 24.7. The fourth-order valence-corrected chi connectivity index (χ4v) is 4.08. The lowest BCUT2D eigenvalue weighted by atomic mass is 9.86. The standard InChI is InChI=1S/C18H22F3N3O/c1-2-9-24-11-4-7-17(24)6-3-10-23(13-17)16(25)14-5-8-22-15(12-14)18(19,20)21/h2,5,8,12H,1,3-4,6-7,9-11,13H2. The first kappa shape index (κ1) is 17.9. The molecule has 2 fully saturated rings. The predicted molar refractivity (Wildman–Crippen MR) is 88.1 cm³/mol. The molecule has 136 valence electrons. The summed E-state index contributed by atoms with van der Waals surface area (Å²) in [6, 6.07) is 2.20. The van der Waals surface area contributed by atoms with Crippen LogP contribution in [0, 0.1) is 0 Å². The van der Waals surface area contributed by atoms with E-state index in [2.05, 4.69) is 16.5 Å². The molecule has 2 aliphatic rings. The van der Waals surface area contributed by atoms with Crippen LogP contribution in [0.15, 0.2) is 31.0 Å². The molecule has 1 spiro atoms. The van der Waals surface area contributed by atoms with Crippen LogP contribution >= 0.6 is 0 Å². The van der Waals surface area contributed by atoms with E-state index >= 15 is 0 Å². The lowest BCUT2D eigenvalue weighted by Crippen LogP contribution is -2.56. The Morgan fingerprint density at radius 3 is 2.72 bits per heavy atom. The Morgan fingerprint density at radius 2 is 2.04 bits per heavy atom. The summed E-state index contributed by atoms with van der Waals surface area (Å²) in [5, 5.41) is 0. The molecule has 3 heterocycles. The number of hydrogen-bond donors (Lipinski definition) is 0. The molecule has 3 rings (SSSR count). The van der Waals surface area contributed by atoms with Gasteiger partial charge in [-0.2, -0.15) is 13.2 Å². The van der Waals surface area contributed by atoms with Gasteiger partial charge in [-0.05, 0) is 44.4 Å². The quantitative estimate of drug-likeness (QED) is 0.782. The summed E-state index contributed by atoms with van der Waals surface area (Å²) in [7, 11) is 0. The van der Waals surface area contributed by atoms with Crippen molar-refractivity contribution in [3.05, 3.63) is 42.2 Å². The maximum atomic E-state index is 12.8. The molecule has 1 amide bonds. The third kappa shape index (κ3) is 3.56. The molecule has 2 aliphatic heterocycles. The first-order valence-electron chi connectivity index (χ1n) is 8.54. The smallest absolute Gasteiger partial charge is 0.337 e. The zero-order chi connectivity index (χ0) is 18.1. The number of likely N-dealkylation sites (tertiary alicyclic amines) is 2. The van der Waals surface area contributed by atoms with Gasteiger partial charge in [-0.15, -0.1) is 6.58 Å². The van der Waals surface area contributed by atoms with Crippen molar-refractivity contribution in [2.75, 3.05) is 26.2 Å². The van der Waals surface area contributed by atoms with Crippen molar-refractivity contribution in [2.45, 2.75) is 37.4 Å². The van der Waals surface area contributed by atoms with Crippen molar-refractivity contribution in [1.29, 1.82) is 0 Å². The Balaban J connectivity index is 1.80. The van der Waals surface area contributed by atoms with Crippen LogP contribution in [0.2, 0.25) is 0 Å². The zero-order valence-electron chi connectivity index (χ0n) is 14.1. The molecule has 1 atom stereocenters. The highest BCUT2D eigenvalue weighted by atomic mass is 19.4. The molecule has 7 heteroatoms. The number of nitrogens with zero attached hydrogens (tertiary/aromatic N) is 3. The maximum absolute atomic E-state index is 12.8. The molecule has 0 aliphatic carbocycles. The van der Waals surface area contributed by atoms with Crippen molar-refractivity contribution in [1.82, 2.24) is 14.8 Å². The summed E-state index contributed by atoms with van der Waals surface area (Å²) in [5.74, 6) is -0.350. The van der Waals surface area contributed by atoms with Crippen molar-refractivity contribution < 1.29 is 18.0 Å². The molecular formula is C18H22F3N3O. The Kier molecular flexibility index (Phi) is 4.86. The molecular weight excluding hydrogens is 331 g/mol. The summed E-state index contributed by atoms with van der Waals surface area (Å²) in [4.78, 5) is 20.2. The first-order valence-corrected chi connectivity index (χ1v) is 8.54. The molecule has 1 aromatic heterocycles. The predicted octanol–water partition coefficient (Wildman–Crippen LogP) is 3.36. The summed E-state index contributed by atoms with van der Waals surface area (Å²) >= 11 is 0. The second kappa shape index (κ2) is 6.78. The van der Waals surface area contributed by atoms with E-state index in [-0.39, 0.29) is 17.0 Å². The van der Waals surface area contributed by atoms with Crippen LogP contribution in [0.4, 0.5) is 13.2 Å². The third-order valence-electron chi connectivity index (χ3n) is 5.23. The van der Waals surface area contributed by atoms with E-state index in [1.807, 2.05) is 6.08 Å². The summed E-state index contributed by atoms with van der Waals surface area (Å²) < 4.78 is 38.5. The Morgan fingerprint density at radius 1 is 1.32 bits per heavy atom. The largest absolute Gasteiger partial charge is 0.433 e. The SMILES string of the molecule is C=CCN1CCCC12CCCN(C(=O)c1ccnc(C(F)(F)F)c1)C2. The monoisotopic (exact) mass is 353 g/mol. The van der Waals surface area contributed by atoms with Crippen LogP contribution in [0.1, 0.15) is 41.7 Å². The number of amides is 1. The fourth-order valence-electron chi connectivity index (χ4n) is 4.08. The first-order chi connectivity index (χ1) is 11.9. The van der Waals surface area contributed by atoms with Gasteiger partial charge in [0.25, 0.3) is 5.91 Å². The maximum Gasteiger partial charge on any atom is 0.433 e. The molecule has 25 heavy (non-hydrogen) atoms. The van der Waals surface area contributed by atoms with E-state index in [1.165, 1.54) is 6.07 Å². The summed E-state index contributed by atoms with van der Waals surface area (Å²) in [6.07, 6.45) is 2.32. The van der Waals surface area contributed by atoms with E-state index in [1.54, 1.807) is 4.90 Å². The number of aromatic nitrogens is 1. The van der Waals surface area contributed by atoms with Gasteiger partial charge in [0.2, 0.25) is 0 Å². The molecule has 0 aromatic carbocycles. The van der Waals surface area contributed by atoms with Gasteiger partial charge in [0.1, 0.15) is 5.69 Å².